The molecule has 0 aromatic heterocycles. The number of ether oxygens (including phenoxy) is 1. The van der Waals surface area contributed by atoms with Crippen molar-refractivity contribution in [2.75, 3.05) is 13.2 Å². The number of hydrogen-bond donors (Lipinski definition) is 2. The number of para-hydroxylation sites is 1. The SMILES string of the molecule is CC(C)(CN)NC(=O)COc1ccccc1Cc1ccccc1.Cl. The van der Waals surface area contributed by atoms with Gasteiger partial charge >= 0.3 is 0 Å². The molecule has 130 valence electrons. The summed E-state index contributed by atoms with van der Waals surface area (Å²) in [5.41, 5.74) is 7.46. The molecule has 0 atom stereocenters. The van der Waals surface area contributed by atoms with Crippen molar-refractivity contribution < 1.29 is 9.53 Å². The molecule has 0 aliphatic rings. The third kappa shape index (κ3) is 6.22. The molecule has 5 heteroatoms. The Morgan fingerprint density at radius 2 is 1.71 bits per heavy atom. The van der Waals surface area contributed by atoms with Crippen LogP contribution in [0.1, 0.15) is 25.0 Å². The van der Waals surface area contributed by atoms with E-state index in [4.69, 9.17) is 10.5 Å². The van der Waals surface area contributed by atoms with Gasteiger partial charge in [-0.05, 0) is 31.0 Å². The maximum atomic E-state index is 12.0. The number of nitrogens with two attached hydrogens (primary N) is 1. The first-order valence-electron chi connectivity index (χ1n) is 7.76. The summed E-state index contributed by atoms with van der Waals surface area (Å²) in [6.07, 6.45) is 0.771. The molecule has 0 bridgehead atoms. The Kier molecular flexibility index (Phi) is 7.75. The van der Waals surface area contributed by atoms with E-state index in [1.165, 1.54) is 5.56 Å². The molecule has 0 heterocycles. The lowest BCUT2D eigenvalue weighted by Crippen LogP contribution is -2.50. The fourth-order valence-corrected chi connectivity index (χ4v) is 2.21. The summed E-state index contributed by atoms with van der Waals surface area (Å²) < 4.78 is 5.71. The highest BCUT2D eigenvalue weighted by atomic mass is 35.5. The van der Waals surface area contributed by atoms with E-state index in [0.717, 1.165) is 17.7 Å². The number of carbonyl (C=O) groups excluding carboxylic acids is 1. The fourth-order valence-electron chi connectivity index (χ4n) is 2.21. The maximum Gasteiger partial charge on any atom is 0.258 e. The number of nitrogens with one attached hydrogen (secondary N) is 1. The molecule has 3 N–H and O–H groups in total. The van der Waals surface area contributed by atoms with Gasteiger partial charge in [0.25, 0.3) is 5.91 Å². The van der Waals surface area contributed by atoms with Crippen molar-refractivity contribution in [1.29, 1.82) is 0 Å². The topological polar surface area (TPSA) is 64.3 Å². The first kappa shape index (κ1) is 20.0. The summed E-state index contributed by atoms with van der Waals surface area (Å²) >= 11 is 0. The molecule has 2 rings (SSSR count). The van der Waals surface area contributed by atoms with Crippen LogP contribution in [-0.4, -0.2) is 24.6 Å². The smallest absolute Gasteiger partial charge is 0.258 e. The highest BCUT2D eigenvalue weighted by Crippen LogP contribution is 2.21. The van der Waals surface area contributed by atoms with Crippen LogP contribution in [0.15, 0.2) is 54.6 Å². The molecule has 0 aliphatic carbocycles. The van der Waals surface area contributed by atoms with E-state index in [9.17, 15) is 4.79 Å². The summed E-state index contributed by atoms with van der Waals surface area (Å²) in [6, 6.07) is 18.0. The van der Waals surface area contributed by atoms with Crippen LogP contribution in [0.25, 0.3) is 0 Å². The van der Waals surface area contributed by atoms with Gasteiger partial charge in [-0.25, -0.2) is 0 Å². The molecule has 0 saturated heterocycles. The minimum Gasteiger partial charge on any atom is -0.483 e. The van der Waals surface area contributed by atoms with Crippen LogP contribution in [0.4, 0.5) is 0 Å². The Balaban J connectivity index is 0.00000288. The summed E-state index contributed by atoms with van der Waals surface area (Å²) in [5, 5.41) is 2.86. The lowest BCUT2D eigenvalue weighted by molar-refractivity contribution is -0.124. The number of halogens is 1. The maximum absolute atomic E-state index is 12.0. The minimum absolute atomic E-state index is 0. The zero-order valence-corrected chi connectivity index (χ0v) is 14.9. The zero-order chi connectivity index (χ0) is 16.7. The molecule has 24 heavy (non-hydrogen) atoms. The molecule has 1 amide bonds. The van der Waals surface area contributed by atoms with Gasteiger partial charge in [0.1, 0.15) is 5.75 Å². The highest BCUT2D eigenvalue weighted by molar-refractivity contribution is 5.85. The normalized spacial score (nSPS) is 10.6. The standard InChI is InChI=1S/C19H24N2O2.ClH/c1-19(2,14-20)21-18(22)13-23-17-11-7-6-10-16(17)12-15-8-4-3-5-9-15;/h3-11H,12-14,20H2,1-2H3,(H,21,22);1H. The number of hydrogen-bond acceptors (Lipinski definition) is 3. The predicted octanol–water partition coefficient (Wildman–Crippen LogP) is 2.93. The average Bonchev–Trinajstić information content (AvgIpc) is 2.55. The average molecular weight is 349 g/mol. The van der Waals surface area contributed by atoms with Gasteiger partial charge in [-0.3, -0.25) is 4.79 Å². The van der Waals surface area contributed by atoms with Gasteiger partial charge in [0.2, 0.25) is 0 Å². The Morgan fingerprint density at radius 3 is 2.38 bits per heavy atom. The van der Waals surface area contributed by atoms with E-state index < -0.39 is 5.54 Å². The van der Waals surface area contributed by atoms with Crippen molar-refractivity contribution in [2.24, 2.45) is 5.73 Å². The van der Waals surface area contributed by atoms with Crippen LogP contribution in [0.5, 0.6) is 5.75 Å². The summed E-state index contributed by atoms with van der Waals surface area (Å²) in [7, 11) is 0. The van der Waals surface area contributed by atoms with Crippen LogP contribution in [0, 0.1) is 0 Å². The lowest BCUT2D eigenvalue weighted by Gasteiger charge is -2.24. The largest absolute Gasteiger partial charge is 0.483 e. The third-order valence-electron chi connectivity index (χ3n) is 3.56. The number of carbonyl (C=O) groups is 1. The first-order valence-corrected chi connectivity index (χ1v) is 7.76. The minimum atomic E-state index is -0.427. The van der Waals surface area contributed by atoms with Crippen molar-refractivity contribution in [2.45, 2.75) is 25.8 Å². The van der Waals surface area contributed by atoms with Gasteiger partial charge in [0.05, 0.1) is 0 Å². The second-order valence-electron chi connectivity index (χ2n) is 6.19. The van der Waals surface area contributed by atoms with Crippen LogP contribution >= 0.6 is 12.4 Å². The van der Waals surface area contributed by atoms with Gasteiger partial charge in [0.15, 0.2) is 6.61 Å². The van der Waals surface area contributed by atoms with Gasteiger partial charge in [0, 0.05) is 18.5 Å². The number of benzene rings is 2. The van der Waals surface area contributed by atoms with Gasteiger partial charge < -0.3 is 15.8 Å². The van der Waals surface area contributed by atoms with Gasteiger partial charge in [-0.1, -0.05) is 48.5 Å². The van der Waals surface area contributed by atoms with Crippen molar-refractivity contribution in [3.8, 4) is 5.75 Å². The number of amides is 1. The molecule has 4 nitrogen and oxygen atoms in total. The highest BCUT2D eigenvalue weighted by Gasteiger charge is 2.18. The van der Waals surface area contributed by atoms with Gasteiger partial charge in [-0.15, -0.1) is 12.4 Å². The van der Waals surface area contributed by atoms with E-state index in [-0.39, 0.29) is 24.9 Å². The molecule has 2 aromatic rings. The lowest BCUT2D eigenvalue weighted by atomic mass is 10.0. The molecule has 0 spiro atoms. The monoisotopic (exact) mass is 348 g/mol. The van der Waals surface area contributed by atoms with E-state index in [1.54, 1.807) is 0 Å². The van der Waals surface area contributed by atoms with Crippen LogP contribution in [-0.2, 0) is 11.2 Å². The molecular weight excluding hydrogens is 324 g/mol. The third-order valence-corrected chi connectivity index (χ3v) is 3.56. The molecule has 2 aromatic carbocycles. The second kappa shape index (κ2) is 9.30. The Hall–Kier alpha value is -2.04. The zero-order valence-electron chi connectivity index (χ0n) is 14.1. The van der Waals surface area contributed by atoms with Crippen LogP contribution in [0.3, 0.4) is 0 Å². The first-order chi connectivity index (χ1) is 11.0. The molecule has 0 radical (unpaired) electrons. The molecule has 0 unspecified atom stereocenters. The van der Waals surface area contributed by atoms with Crippen molar-refractivity contribution in [3.05, 3.63) is 65.7 Å². The van der Waals surface area contributed by atoms with Crippen LogP contribution in [0.2, 0.25) is 0 Å². The molecule has 0 saturated carbocycles. The molecule has 0 aliphatic heterocycles. The Labute approximate surface area is 149 Å². The quantitative estimate of drug-likeness (QED) is 0.808. The van der Waals surface area contributed by atoms with Gasteiger partial charge in [-0.2, -0.15) is 0 Å². The van der Waals surface area contributed by atoms with E-state index in [0.29, 0.717) is 6.54 Å². The van der Waals surface area contributed by atoms with Crippen molar-refractivity contribution in [3.63, 3.8) is 0 Å². The second-order valence-corrected chi connectivity index (χ2v) is 6.19. The summed E-state index contributed by atoms with van der Waals surface area (Å²) in [4.78, 5) is 12.0. The molecule has 0 fully saturated rings. The predicted molar refractivity (Wildman–Crippen MR) is 99.7 cm³/mol. The molecular formula is C19H25ClN2O2. The van der Waals surface area contributed by atoms with E-state index >= 15 is 0 Å². The Morgan fingerprint density at radius 1 is 1.08 bits per heavy atom. The summed E-state index contributed by atoms with van der Waals surface area (Å²) in [6.45, 7) is 4.13. The van der Waals surface area contributed by atoms with Crippen molar-refractivity contribution >= 4 is 18.3 Å². The Bertz CT molecular complexity index is 645. The summed E-state index contributed by atoms with van der Waals surface area (Å²) in [5.74, 6) is 0.562. The van der Waals surface area contributed by atoms with E-state index in [1.807, 2.05) is 56.3 Å². The fraction of sp³-hybridized carbons (Fsp3) is 0.316. The van der Waals surface area contributed by atoms with Crippen molar-refractivity contribution in [1.82, 2.24) is 5.32 Å². The van der Waals surface area contributed by atoms with Crippen LogP contribution < -0.4 is 15.8 Å². The van der Waals surface area contributed by atoms with E-state index in [2.05, 4.69) is 17.4 Å². The number of rotatable bonds is 7.